The molecule has 6 heteroatoms. The standard InChI is InChI=1S/C33H17N3O3/c34-18-19-8-7-14-27(36-32(37)22-10-1-2-11-23(22)33(36)38)30(19)35-25-13-5-3-12-24(25)29-26(35)17-16-21-20-9-4-6-15-28(20)39-31(21)29/h1-17H. The van der Waals surface area contributed by atoms with Crippen LogP contribution in [-0.2, 0) is 0 Å². The number of carbonyl (C=O) groups is 2. The van der Waals surface area contributed by atoms with Gasteiger partial charge in [-0.3, -0.25) is 9.59 Å². The molecule has 2 aromatic heterocycles. The van der Waals surface area contributed by atoms with E-state index in [1.54, 1.807) is 42.5 Å². The molecule has 39 heavy (non-hydrogen) atoms. The van der Waals surface area contributed by atoms with E-state index in [2.05, 4.69) is 6.07 Å². The predicted molar refractivity (Wildman–Crippen MR) is 150 cm³/mol. The van der Waals surface area contributed by atoms with E-state index in [1.165, 1.54) is 4.90 Å². The summed E-state index contributed by atoms with van der Waals surface area (Å²) in [6.07, 6.45) is 0. The quantitative estimate of drug-likeness (QED) is 0.231. The van der Waals surface area contributed by atoms with Crippen molar-refractivity contribution in [2.75, 3.05) is 4.90 Å². The van der Waals surface area contributed by atoms with Gasteiger partial charge in [-0.1, -0.05) is 54.6 Å². The molecule has 0 radical (unpaired) electrons. The normalized spacial score (nSPS) is 13.2. The first kappa shape index (κ1) is 21.4. The fraction of sp³-hybridized carbons (Fsp3) is 0. The van der Waals surface area contributed by atoms with Crippen molar-refractivity contribution in [3.63, 3.8) is 0 Å². The predicted octanol–water partition coefficient (Wildman–Crippen LogP) is 7.36. The molecule has 7 aromatic rings. The summed E-state index contributed by atoms with van der Waals surface area (Å²) in [6, 6.07) is 34.1. The second kappa shape index (κ2) is 7.67. The number of amides is 2. The van der Waals surface area contributed by atoms with Crippen LogP contribution >= 0.6 is 0 Å². The Morgan fingerprint density at radius 2 is 1.33 bits per heavy atom. The fourth-order valence-electron chi connectivity index (χ4n) is 5.92. The van der Waals surface area contributed by atoms with E-state index in [-0.39, 0.29) is 0 Å². The molecule has 0 fully saturated rings. The van der Waals surface area contributed by atoms with Crippen LogP contribution in [-0.4, -0.2) is 16.4 Å². The number of benzene rings is 5. The Bertz CT molecular complexity index is 2210. The third-order valence-electron chi connectivity index (χ3n) is 7.57. The summed E-state index contributed by atoms with van der Waals surface area (Å²) in [5.41, 5.74) is 5.05. The SMILES string of the molecule is N#Cc1cccc(N2C(=O)c3ccccc3C2=O)c1-n1c2ccccc2c2c3oc4ccccc4c3ccc21. The van der Waals surface area contributed by atoms with Gasteiger partial charge in [-0.2, -0.15) is 5.26 Å². The van der Waals surface area contributed by atoms with E-state index < -0.39 is 11.8 Å². The Morgan fingerprint density at radius 1 is 0.641 bits per heavy atom. The number of fused-ring (bicyclic) bond motifs is 8. The monoisotopic (exact) mass is 503 g/mol. The molecule has 2 amide bonds. The van der Waals surface area contributed by atoms with Gasteiger partial charge in [0.2, 0.25) is 0 Å². The second-order valence-electron chi connectivity index (χ2n) is 9.56. The molecule has 0 unspecified atom stereocenters. The van der Waals surface area contributed by atoms with Crippen LogP contribution in [0.2, 0.25) is 0 Å². The van der Waals surface area contributed by atoms with E-state index in [1.807, 2.05) is 65.2 Å². The maximum atomic E-state index is 13.5. The number of anilines is 1. The summed E-state index contributed by atoms with van der Waals surface area (Å²) in [7, 11) is 0. The van der Waals surface area contributed by atoms with Crippen molar-refractivity contribution in [2.45, 2.75) is 0 Å². The van der Waals surface area contributed by atoms with Crippen molar-refractivity contribution >= 4 is 61.2 Å². The Hall–Kier alpha value is -5.67. The number of hydrogen-bond acceptors (Lipinski definition) is 4. The molecular formula is C33H17N3O3. The van der Waals surface area contributed by atoms with Crippen LogP contribution in [0.25, 0.3) is 49.4 Å². The molecule has 0 aliphatic carbocycles. The minimum absolute atomic E-state index is 0.344. The van der Waals surface area contributed by atoms with Gasteiger partial charge in [0.25, 0.3) is 11.8 Å². The van der Waals surface area contributed by atoms with Crippen LogP contribution in [0, 0.1) is 11.3 Å². The van der Waals surface area contributed by atoms with Crippen molar-refractivity contribution in [3.05, 3.63) is 120 Å². The number of para-hydroxylation sites is 3. The lowest BCUT2D eigenvalue weighted by Gasteiger charge is -2.21. The minimum Gasteiger partial charge on any atom is -0.455 e. The topological polar surface area (TPSA) is 79.2 Å². The van der Waals surface area contributed by atoms with Crippen LogP contribution in [0.3, 0.4) is 0 Å². The molecule has 8 rings (SSSR count). The summed E-state index contributed by atoms with van der Waals surface area (Å²) in [5.74, 6) is -0.820. The number of rotatable bonds is 2. The number of aromatic nitrogens is 1. The number of carbonyl (C=O) groups excluding carboxylic acids is 2. The van der Waals surface area contributed by atoms with Gasteiger partial charge in [0.1, 0.15) is 17.2 Å². The van der Waals surface area contributed by atoms with Crippen molar-refractivity contribution in [1.82, 2.24) is 4.57 Å². The van der Waals surface area contributed by atoms with Gasteiger partial charge in [0, 0.05) is 16.2 Å². The number of furan rings is 1. The van der Waals surface area contributed by atoms with E-state index in [0.717, 1.165) is 43.7 Å². The summed E-state index contributed by atoms with van der Waals surface area (Å²) in [5, 5.41) is 14.1. The Morgan fingerprint density at radius 3 is 2.10 bits per heavy atom. The van der Waals surface area contributed by atoms with Crippen LogP contribution in [0.4, 0.5) is 5.69 Å². The zero-order chi connectivity index (χ0) is 26.2. The van der Waals surface area contributed by atoms with E-state index in [9.17, 15) is 14.9 Å². The molecule has 0 saturated carbocycles. The molecule has 5 aromatic carbocycles. The van der Waals surface area contributed by atoms with E-state index in [4.69, 9.17) is 4.42 Å². The lowest BCUT2D eigenvalue weighted by Crippen LogP contribution is -2.30. The van der Waals surface area contributed by atoms with Crippen LogP contribution in [0.5, 0.6) is 0 Å². The third kappa shape index (κ3) is 2.73. The van der Waals surface area contributed by atoms with Gasteiger partial charge in [-0.25, -0.2) is 4.90 Å². The average Bonchev–Trinajstić information content (AvgIpc) is 3.60. The highest BCUT2D eigenvalue weighted by molar-refractivity contribution is 6.35. The Labute approximate surface area is 221 Å². The number of hydrogen-bond donors (Lipinski definition) is 0. The lowest BCUT2D eigenvalue weighted by atomic mass is 10.1. The first-order valence-electron chi connectivity index (χ1n) is 12.5. The smallest absolute Gasteiger partial charge is 0.266 e. The van der Waals surface area contributed by atoms with Gasteiger partial charge in [-0.05, 0) is 48.5 Å². The molecule has 0 saturated heterocycles. The fourth-order valence-corrected chi connectivity index (χ4v) is 5.92. The lowest BCUT2D eigenvalue weighted by molar-refractivity contribution is 0.0926. The molecule has 1 aliphatic heterocycles. The number of nitriles is 1. The van der Waals surface area contributed by atoms with E-state index in [0.29, 0.717) is 28.1 Å². The van der Waals surface area contributed by atoms with Crippen LogP contribution in [0.15, 0.2) is 108 Å². The molecule has 0 bridgehead atoms. The maximum absolute atomic E-state index is 13.5. The van der Waals surface area contributed by atoms with Crippen LogP contribution in [0.1, 0.15) is 26.3 Å². The minimum atomic E-state index is -0.410. The van der Waals surface area contributed by atoms with Crippen molar-refractivity contribution in [3.8, 4) is 11.8 Å². The van der Waals surface area contributed by atoms with Gasteiger partial charge in [0.05, 0.1) is 44.5 Å². The Kier molecular flexibility index (Phi) is 4.21. The van der Waals surface area contributed by atoms with E-state index >= 15 is 0 Å². The van der Waals surface area contributed by atoms with Crippen molar-refractivity contribution in [2.24, 2.45) is 0 Å². The highest BCUT2D eigenvalue weighted by Crippen LogP contribution is 2.43. The molecule has 1 aliphatic rings. The maximum Gasteiger partial charge on any atom is 0.266 e. The molecule has 3 heterocycles. The van der Waals surface area contributed by atoms with Crippen LogP contribution < -0.4 is 4.90 Å². The van der Waals surface area contributed by atoms with Gasteiger partial charge < -0.3 is 8.98 Å². The highest BCUT2D eigenvalue weighted by Gasteiger charge is 2.38. The largest absolute Gasteiger partial charge is 0.455 e. The summed E-state index contributed by atoms with van der Waals surface area (Å²) in [4.78, 5) is 28.2. The zero-order valence-corrected chi connectivity index (χ0v) is 20.4. The molecular weight excluding hydrogens is 486 g/mol. The summed E-state index contributed by atoms with van der Waals surface area (Å²) in [6.45, 7) is 0. The zero-order valence-electron chi connectivity index (χ0n) is 20.4. The summed E-state index contributed by atoms with van der Waals surface area (Å²) < 4.78 is 8.36. The van der Waals surface area contributed by atoms with Crippen molar-refractivity contribution < 1.29 is 14.0 Å². The number of imide groups is 1. The average molecular weight is 504 g/mol. The van der Waals surface area contributed by atoms with Crippen molar-refractivity contribution in [1.29, 1.82) is 5.26 Å². The second-order valence-corrected chi connectivity index (χ2v) is 9.56. The first-order valence-corrected chi connectivity index (χ1v) is 12.5. The number of nitrogens with zero attached hydrogens (tertiary/aromatic N) is 3. The highest BCUT2D eigenvalue weighted by atomic mass is 16.3. The van der Waals surface area contributed by atoms with Gasteiger partial charge in [-0.15, -0.1) is 0 Å². The summed E-state index contributed by atoms with van der Waals surface area (Å²) >= 11 is 0. The first-order chi connectivity index (χ1) is 19.2. The molecule has 0 atom stereocenters. The molecule has 6 nitrogen and oxygen atoms in total. The Balaban J connectivity index is 1.50. The third-order valence-corrected chi connectivity index (χ3v) is 7.57. The molecule has 182 valence electrons. The molecule has 0 spiro atoms. The van der Waals surface area contributed by atoms with Gasteiger partial charge in [0.15, 0.2) is 0 Å². The van der Waals surface area contributed by atoms with Gasteiger partial charge >= 0.3 is 0 Å². The molecule has 0 N–H and O–H groups in total.